The van der Waals surface area contributed by atoms with Gasteiger partial charge in [0.05, 0.1) is 23.1 Å². The Morgan fingerprint density at radius 3 is 2.47 bits per heavy atom. The van der Waals surface area contributed by atoms with Crippen LogP contribution in [0.4, 0.5) is 18.3 Å². The highest BCUT2D eigenvalue weighted by atomic mass is 32.1. The fraction of sp³-hybridized carbons (Fsp3) is 0.400. The van der Waals surface area contributed by atoms with Gasteiger partial charge in [-0.15, -0.1) is 11.3 Å². The lowest BCUT2D eigenvalue weighted by Crippen LogP contribution is -2.38. The fourth-order valence-electron chi connectivity index (χ4n) is 4.01. The van der Waals surface area contributed by atoms with Crippen molar-refractivity contribution in [3.63, 3.8) is 0 Å². The number of carbonyl (C=O) groups is 3. The molecule has 0 bridgehead atoms. The monoisotopic (exact) mass is 437 g/mol. The van der Waals surface area contributed by atoms with E-state index in [-0.39, 0.29) is 40.9 Å². The van der Waals surface area contributed by atoms with E-state index in [1.807, 2.05) is 0 Å². The van der Waals surface area contributed by atoms with Crippen LogP contribution in [0.25, 0.3) is 11.3 Å². The molecule has 1 aliphatic heterocycles. The van der Waals surface area contributed by atoms with E-state index < -0.39 is 17.6 Å². The average molecular weight is 437 g/mol. The van der Waals surface area contributed by atoms with E-state index in [2.05, 4.69) is 10.3 Å². The number of benzene rings is 1. The molecule has 158 valence electrons. The molecule has 2 fully saturated rings. The highest BCUT2D eigenvalue weighted by Gasteiger charge is 2.48. The second-order valence-electron chi connectivity index (χ2n) is 7.42. The summed E-state index contributed by atoms with van der Waals surface area (Å²) in [6.45, 7) is -0.386. The van der Waals surface area contributed by atoms with Crippen molar-refractivity contribution in [1.29, 1.82) is 0 Å². The Labute approximate surface area is 174 Å². The molecule has 2 aromatic rings. The van der Waals surface area contributed by atoms with Gasteiger partial charge in [0.25, 0.3) is 0 Å². The van der Waals surface area contributed by atoms with Crippen LogP contribution in [0.5, 0.6) is 0 Å². The number of imide groups is 1. The Kier molecular flexibility index (Phi) is 5.35. The molecule has 2 atom stereocenters. The van der Waals surface area contributed by atoms with Crippen LogP contribution in [0.15, 0.2) is 29.6 Å². The van der Waals surface area contributed by atoms with E-state index in [1.165, 1.54) is 17.5 Å². The number of carbonyl (C=O) groups excluding carboxylic acids is 3. The first kappa shape index (κ1) is 20.5. The van der Waals surface area contributed by atoms with Gasteiger partial charge in [0.2, 0.25) is 17.7 Å². The molecule has 10 heteroatoms. The molecular formula is C20H18F3N3O3S. The van der Waals surface area contributed by atoms with Crippen LogP contribution in [0.2, 0.25) is 0 Å². The Morgan fingerprint density at radius 1 is 1.17 bits per heavy atom. The second kappa shape index (κ2) is 7.82. The molecule has 30 heavy (non-hydrogen) atoms. The van der Waals surface area contributed by atoms with E-state index in [4.69, 9.17) is 0 Å². The molecule has 1 saturated carbocycles. The summed E-state index contributed by atoms with van der Waals surface area (Å²) >= 11 is 1.05. The Balaban J connectivity index is 1.42. The third-order valence-electron chi connectivity index (χ3n) is 5.47. The summed E-state index contributed by atoms with van der Waals surface area (Å²) in [6, 6.07) is 4.75. The first-order valence-corrected chi connectivity index (χ1v) is 10.4. The highest BCUT2D eigenvalue weighted by molar-refractivity contribution is 7.14. The Bertz CT molecular complexity index is 980. The Morgan fingerprint density at radius 2 is 1.83 bits per heavy atom. The molecule has 0 radical (unpaired) electrons. The zero-order valence-electron chi connectivity index (χ0n) is 15.7. The number of halogens is 3. The summed E-state index contributed by atoms with van der Waals surface area (Å²) in [6.07, 6.45) is -1.33. The number of amides is 3. The van der Waals surface area contributed by atoms with Crippen LogP contribution in [-0.4, -0.2) is 34.2 Å². The molecule has 1 aliphatic carbocycles. The highest BCUT2D eigenvalue weighted by Crippen LogP contribution is 2.38. The van der Waals surface area contributed by atoms with Crippen molar-refractivity contribution >= 4 is 34.2 Å². The molecule has 3 amide bonds. The van der Waals surface area contributed by atoms with Crippen molar-refractivity contribution in [2.75, 3.05) is 11.9 Å². The van der Waals surface area contributed by atoms with Crippen LogP contribution in [0.3, 0.4) is 0 Å². The van der Waals surface area contributed by atoms with Crippen molar-refractivity contribution in [3.05, 3.63) is 35.2 Å². The molecule has 1 saturated heterocycles. The maximum atomic E-state index is 12.9. The van der Waals surface area contributed by atoms with Gasteiger partial charge in [-0.1, -0.05) is 25.0 Å². The third kappa shape index (κ3) is 3.96. The number of thiazole rings is 1. The molecular weight excluding hydrogens is 419 g/mol. The average Bonchev–Trinajstić information content (AvgIpc) is 3.27. The molecule has 0 spiro atoms. The quantitative estimate of drug-likeness (QED) is 0.735. The normalized spacial score (nSPS) is 21.6. The second-order valence-corrected chi connectivity index (χ2v) is 8.28. The summed E-state index contributed by atoms with van der Waals surface area (Å²) in [5, 5.41) is 4.24. The molecule has 1 aromatic carbocycles. The zero-order valence-corrected chi connectivity index (χ0v) is 16.6. The fourth-order valence-corrected chi connectivity index (χ4v) is 4.74. The van der Waals surface area contributed by atoms with Gasteiger partial charge in [-0.3, -0.25) is 19.3 Å². The first-order valence-electron chi connectivity index (χ1n) is 9.52. The van der Waals surface area contributed by atoms with E-state index in [1.54, 1.807) is 0 Å². The maximum Gasteiger partial charge on any atom is 0.416 e. The number of hydrogen-bond acceptors (Lipinski definition) is 5. The van der Waals surface area contributed by atoms with Crippen LogP contribution in [0.1, 0.15) is 31.2 Å². The molecule has 6 nitrogen and oxygen atoms in total. The predicted molar refractivity (Wildman–Crippen MR) is 103 cm³/mol. The minimum absolute atomic E-state index is 0.184. The largest absolute Gasteiger partial charge is 0.416 e. The lowest BCUT2D eigenvalue weighted by molar-refractivity contribution is -0.142. The van der Waals surface area contributed by atoms with Crippen LogP contribution < -0.4 is 5.32 Å². The van der Waals surface area contributed by atoms with Gasteiger partial charge < -0.3 is 5.32 Å². The van der Waals surface area contributed by atoms with Gasteiger partial charge >= 0.3 is 6.18 Å². The number of aromatic nitrogens is 1. The van der Waals surface area contributed by atoms with Crippen molar-refractivity contribution in [2.45, 2.75) is 31.9 Å². The van der Waals surface area contributed by atoms with Gasteiger partial charge in [0.15, 0.2) is 5.13 Å². The van der Waals surface area contributed by atoms with Crippen LogP contribution in [0, 0.1) is 11.8 Å². The van der Waals surface area contributed by atoms with Gasteiger partial charge in [-0.2, -0.15) is 13.2 Å². The number of likely N-dealkylation sites (tertiary alicyclic amines) is 1. The van der Waals surface area contributed by atoms with Gasteiger partial charge in [0.1, 0.15) is 6.54 Å². The molecule has 4 rings (SSSR count). The molecule has 1 aromatic heterocycles. The van der Waals surface area contributed by atoms with E-state index in [0.717, 1.165) is 41.2 Å². The lowest BCUT2D eigenvalue weighted by Gasteiger charge is -2.19. The van der Waals surface area contributed by atoms with Crippen molar-refractivity contribution in [3.8, 4) is 11.3 Å². The third-order valence-corrected chi connectivity index (χ3v) is 6.23. The van der Waals surface area contributed by atoms with Crippen LogP contribution >= 0.6 is 11.3 Å². The van der Waals surface area contributed by atoms with Crippen molar-refractivity contribution < 1.29 is 27.6 Å². The van der Waals surface area contributed by atoms with E-state index in [9.17, 15) is 27.6 Å². The van der Waals surface area contributed by atoms with Gasteiger partial charge in [-0.25, -0.2) is 4.98 Å². The summed E-state index contributed by atoms with van der Waals surface area (Å²) in [4.78, 5) is 42.4. The number of fused-ring (bicyclic) bond motifs is 1. The van der Waals surface area contributed by atoms with Gasteiger partial charge in [-0.05, 0) is 25.0 Å². The standard InChI is InChI=1S/C20H18F3N3O3S/c21-20(22,23)12-5-3-4-11(8-12)15-10-30-19(24-15)25-16(27)9-26-17(28)13-6-1-2-7-14(13)18(26)29/h3-5,8,10,13-14H,1-2,6-7,9H2,(H,24,25,27). The first-order chi connectivity index (χ1) is 14.2. The van der Waals surface area contributed by atoms with E-state index >= 15 is 0 Å². The summed E-state index contributed by atoms with van der Waals surface area (Å²) in [5.74, 6) is -1.83. The summed E-state index contributed by atoms with van der Waals surface area (Å²) < 4.78 is 38.7. The Hall–Kier alpha value is -2.75. The molecule has 2 aliphatic rings. The number of anilines is 1. The minimum Gasteiger partial charge on any atom is -0.300 e. The topological polar surface area (TPSA) is 79.4 Å². The minimum atomic E-state index is -4.46. The summed E-state index contributed by atoms with van der Waals surface area (Å²) in [7, 11) is 0. The van der Waals surface area contributed by atoms with E-state index in [0.29, 0.717) is 18.5 Å². The van der Waals surface area contributed by atoms with Gasteiger partial charge in [0, 0.05) is 10.9 Å². The maximum absolute atomic E-state index is 12.9. The lowest BCUT2D eigenvalue weighted by atomic mass is 9.81. The van der Waals surface area contributed by atoms with Crippen LogP contribution in [-0.2, 0) is 20.6 Å². The smallest absolute Gasteiger partial charge is 0.300 e. The number of nitrogens with zero attached hydrogens (tertiary/aromatic N) is 2. The number of alkyl halides is 3. The van der Waals surface area contributed by atoms with Crippen molar-refractivity contribution in [1.82, 2.24) is 9.88 Å². The number of rotatable bonds is 4. The molecule has 2 unspecified atom stereocenters. The zero-order chi connectivity index (χ0) is 21.5. The number of hydrogen-bond donors (Lipinski definition) is 1. The SMILES string of the molecule is O=C(CN1C(=O)C2CCCCC2C1=O)Nc1nc(-c2cccc(C(F)(F)F)c2)cs1. The predicted octanol–water partition coefficient (Wildman–Crippen LogP) is 3.94. The molecule has 2 heterocycles. The molecule has 1 N–H and O–H groups in total. The van der Waals surface area contributed by atoms with Crippen molar-refractivity contribution in [2.24, 2.45) is 11.8 Å². The number of nitrogens with one attached hydrogen (secondary N) is 1. The summed E-state index contributed by atoms with van der Waals surface area (Å²) in [5.41, 5.74) is -0.220.